The Hall–Kier alpha value is -1.49. The fourth-order valence-electron chi connectivity index (χ4n) is 5.00. The van der Waals surface area contributed by atoms with Gasteiger partial charge >= 0.3 is 0 Å². The van der Waals surface area contributed by atoms with E-state index in [1.165, 1.54) is 30.2 Å². The van der Waals surface area contributed by atoms with E-state index in [0.717, 1.165) is 25.9 Å². The summed E-state index contributed by atoms with van der Waals surface area (Å²) in [5.74, 6) is 0.418. The maximum atomic E-state index is 13.0. The van der Waals surface area contributed by atoms with Crippen LogP contribution in [0, 0.1) is 13.8 Å². The topological polar surface area (TPSA) is 90.2 Å². The SMILES string of the molecule is Cc1noc(C)c1S(=O)(=O)N1CCN(C(=O)CN2CCCC2CN2CCCC2)CC1. The second kappa shape index (κ2) is 8.94. The molecule has 4 rings (SSSR count). The monoisotopic (exact) mass is 439 g/mol. The second-order valence-electron chi connectivity index (χ2n) is 8.71. The predicted octanol–water partition coefficient (Wildman–Crippen LogP) is 0.685. The highest BCUT2D eigenvalue weighted by atomic mass is 32.2. The number of carbonyl (C=O) groups excluding carboxylic acids is 1. The van der Waals surface area contributed by atoms with Crippen molar-refractivity contribution >= 4 is 15.9 Å². The number of aryl methyl sites for hydroxylation is 2. The molecule has 0 aromatic carbocycles. The third-order valence-electron chi connectivity index (χ3n) is 6.66. The molecule has 0 spiro atoms. The summed E-state index contributed by atoms with van der Waals surface area (Å²) in [5.41, 5.74) is 0.379. The van der Waals surface area contributed by atoms with Gasteiger partial charge in [0.2, 0.25) is 15.9 Å². The minimum atomic E-state index is -3.65. The molecule has 0 aliphatic carbocycles. The van der Waals surface area contributed by atoms with E-state index in [9.17, 15) is 13.2 Å². The fourth-order valence-corrected chi connectivity index (χ4v) is 6.71. The van der Waals surface area contributed by atoms with Crippen molar-refractivity contribution in [2.75, 3.05) is 58.9 Å². The van der Waals surface area contributed by atoms with Crippen molar-refractivity contribution < 1.29 is 17.7 Å². The first-order valence-electron chi connectivity index (χ1n) is 11.0. The van der Waals surface area contributed by atoms with E-state index < -0.39 is 10.0 Å². The van der Waals surface area contributed by atoms with E-state index in [0.29, 0.717) is 50.2 Å². The smallest absolute Gasteiger partial charge is 0.248 e. The van der Waals surface area contributed by atoms with Crippen LogP contribution < -0.4 is 0 Å². The van der Waals surface area contributed by atoms with Crippen molar-refractivity contribution in [3.05, 3.63) is 11.5 Å². The summed E-state index contributed by atoms with van der Waals surface area (Å²) in [4.78, 5) is 19.7. The van der Waals surface area contributed by atoms with Crippen LogP contribution in [0.15, 0.2) is 9.42 Å². The van der Waals surface area contributed by atoms with Crippen LogP contribution in [0.1, 0.15) is 37.1 Å². The summed E-state index contributed by atoms with van der Waals surface area (Å²) in [6, 6.07) is 0.466. The quantitative estimate of drug-likeness (QED) is 0.644. The van der Waals surface area contributed by atoms with Gasteiger partial charge in [0.15, 0.2) is 5.76 Å². The number of carbonyl (C=O) groups is 1. The number of sulfonamides is 1. The highest BCUT2D eigenvalue weighted by molar-refractivity contribution is 7.89. The van der Waals surface area contributed by atoms with Gasteiger partial charge in [-0.2, -0.15) is 4.31 Å². The number of nitrogens with zero attached hydrogens (tertiary/aromatic N) is 5. The zero-order valence-electron chi connectivity index (χ0n) is 18.0. The average molecular weight is 440 g/mol. The van der Waals surface area contributed by atoms with Gasteiger partial charge in [-0.1, -0.05) is 5.16 Å². The lowest BCUT2D eigenvalue weighted by Crippen LogP contribution is -2.53. The normalized spacial score (nSPS) is 24.7. The van der Waals surface area contributed by atoms with Gasteiger partial charge in [-0.3, -0.25) is 9.69 Å². The van der Waals surface area contributed by atoms with Gasteiger partial charge in [-0.05, 0) is 59.2 Å². The van der Waals surface area contributed by atoms with Crippen LogP contribution in [0.25, 0.3) is 0 Å². The van der Waals surface area contributed by atoms with Crippen molar-refractivity contribution in [2.24, 2.45) is 0 Å². The minimum absolute atomic E-state index is 0.109. The number of hydrogen-bond donors (Lipinski definition) is 0. The van der Waals surface area contributed by atoms with Crippen molar-refractivity contribution in [3.63, 3.8) is 0 Å². The predicted molar refractivity (Wildman–Crippen MR) is 112 cm³/mol. The van der Waals surface area contributed by atoms with Gasteiger partial charge in [0.25, 0.3) is 0 Å². The van der Waals surface area contributed by atoms with Crippen LogP contribution in [-0.2, 0) is 14.8 Å². The third-order valence-corrected chi connectivity index (χ3v) is 8.81. The molecular formula is C20H33N5O4S. The lowest BCUT2D eigenvalue weighted by molar-refractivity contribution is -0.133. The van der Waals surface area contributed by atoms with Crippen molar-refractivity contribution in [3.8, 4) is 0 Å². The Bertz CT molecular complexity index is 837. The minimum Gasteiger partial charge on any atom is -0.360 e. The molecule has 0 N–H and O–H groups in total. The van der Waals surface area contributed by atoms with Crippen molar-refractivity contribution in [1.82, 2.24) is 24.2 Å². The van der Waals surface area contributed by atoms with E-state index in [1.54, 1.807) is 13.8 Å². The zero-order valence-corrected chi connectivity index (χ0v) is 18.9. The molecule has 0 bridgehead atoms. The molecule has 4 heterocycles. The Morgan fingerprint density at radius 2 is 1.73 bits per heavy atom. The van der Waals surface area contributed by atoms with E-state index in [-0.39, 0.29) is 10.8 Å². The van der Waals surface area contributed by atoms with E-state index >= 15 is 0 Å². The number of aromatic nitrogens is 1. The Morgan fingerprint density at radius 1 is 1.03 bits per heavy atom. The molecule has 3 aliphatic rings. The van der Waals surface area contributed by atoms with Gasteiger partial charge < -0.3 is 14.3 Å². The Morgan fingerprint density at radius 3 is 2.37 bits per heavy atom. The standard InChI is InChI=1S/C20H33N5O4S/c1-16-20(17(2)29-21-16)30(27,28)25-12-10-23(11-13-25)19(26)15-24-9-5-6-18(24)14-22-7-3-4-8-22/h18H,3-15H2,1-2H3. The number of amides is 1. The summed E-state index contributed by atoms with van der Waals surface area (Å²) in [7, 11) is -3.65. The molecule has 9 nitrogen and oxygen atoms in total. The van der Waals surface area contributed by atoms with E-state index in [1.807, 2.05) is 4.90 Å². The molecule has 3 fully saturated rings. The number of rotatable bonds is 6. The molecule has 1 unspecified atom stereocenters. The average Bonchev–Trinajstić information content (AvgIpc) is 3.46. The molecule has 168 valence electrons. The lowest BCUT2D eigenvalue weighted by Gasteiger charge is -2.35. The molecule has 0 radical (unpaired) electrons. The van der Waals surface area contributed by atoms with Gasteiger partial charge in [0, 0.05) is 38.8 Å². The summed E-state index contributed by atoms with van der Waals surface area (Å²) in [6.07, 6.45) is 4.88. The molecule has 1 amide bonds. The summed E-state index contributed by atoms with van der Waals surface area (Å²) >= 11 is 0. The van der Waals surface area contributed by atoms with Crippen molar-refractivity contribution in [2.45, 2.75) is 50.5 Å². The third kappa shape index (κ3) is 4.42. The molecule has 0 saturated carbocycles. The fraction of sp³-hybridized carbons (Fsp3) is 0.800. The molecule has 1 aromatic rings. The first-order valence-corrected chi connectivity index (χ1v) is 12.5. The maximum Gasteiger partial charge on any atom is 0.248 e. The largest absolute Gasteiger partial charge is 0.360 e. The second-order valence-corrected chi connectivity index (χ2v) is 10.6. The first-order chi connectivity index (χ1) is 14.4. The molecule has 3 aliphatic heterocycles. The van der Waals surface area contributed by atoms with Crippen LogP contribution in [0.3, 0.4) is 0 Å². The highest BCUT2D eigenvalue weighted by Crippen LogP contribution is 2.25. The Kier molecular flexibility index (Phi) is 6.47. The zero-order chi connectivity index (χ0) is 21.3. The van der Waals surface area contributed by atoms with Gasteiger partial charge in [-0.25, -0.2) is 8.42 Å². The van der Waals surface area contributed by atoms with Gasteiger partial charge in [0.05, 0.1) is 6.54 Å². The Balaban J connectivity index is 1.31. The van der Waals surface area contributed by atoms with E-state index in [2.05, 4.69) is 15.0 Å². The van der Waals surface area contributed by atoms with Crippen LogP contribution in [0.2, 0.25) is 0 Å². The van der Waals surface area contributed by atoms with E-state index in [4.69, 9.17) is 4.52 Å². The van der Waals surface area contributed by atoms with Gasteiger partial charge in [0.1, 0.15) is 10.6 Å². The maximum absolute atomic E-state index is 13.0. The molecular weight excluding hydrogens is 406 g/mol. The summed E-state index contributed by atoms with van der Waals surface area (Å²) in [6.45, 7) is 9.54. The molecule has 1 aromatic heterocycles. The number of hydrogen-bond acceptors (Lipinski definition) is 7. The number of piperazine rings is 1. The first kappa shape index (κ1) is 21.7. The van der Waals surface area contributed by atoms with Crippen LogP contribution in [0.4, 0.5) is 0 Å². The summed E-state index contributed by atoms with van der Waals surface area (Å²) in [5, 5.41) is 3.77. The van der Waals surface area contributed by atoms with Crippen LogP contribution in [-0.4, -0.2) is 103 Å². The summed E-state index contributed by atoms with van der Waals surface area (Å²) < 4.78 is 32.4. The lowest BCUT2D eigenvalue weighted by atomic mass is 10.2. The Labute approximate surface area is 179 Å². The van der Waals surface area contributed by atoms with Crippen molar-refractivity contribution in [1.29, 1.82) is 0 Å². The van der Waals surface area contributed by atoms with Crippen LogP contribution >= 0.6 is 0 Å². The molecule has 1 atom stereocenters. The highest BCUT2D eigenvalue weighted by Gasteiger charge is 2.35. The van der Waals surface area contributed by atoms with Gasteiger partial charge in [-0.15, -0.1) is 0 Å². The molecule has 3 saturated heterocycles. The van der Waals surface area contributed by atoms with Crippen LogP contribution in [0.5, 0.6) is 0 Å². The number of likely N-dealkylation sites (tertiary alicyclic amines) is 2. The molecule has 10 heteroatoms. The molecule has 30 heavy (non-hydrogen) atoms.